The number of carbonyl (C=O) groups excluding carboxylic acids is 2. The first kappa shape index (κ1) is 25.3. The van der Waals surface area contributed by atoms with Gasteiger partial charge in [-0.25, -0.2) is 0 Å². The normalized spacial score (nSPS) is 14.2. The molecule has 9 heteroatoms. The monoisotopic (exact) mass is 510 g/mol. The first-order valence-electron chi connectivity index (χ1n) is 12.7. The molecule has 1 fully saturated rings. The molecule has 1 aliphatic rings. The molecular weight excluding hydrogens is 480 g/mol. The third-order valence-electron chi connectivity index (χ3n) is 6.78. The van der Waals surface area contributed by atoms with E-state index in [4.69, 9.17) is 4.52 Å². The van der Waals surface area contributed by atoms with Gasteiger partial charge < -0.3 is 15.2 Å². The Kier molecular flexibility index (Phi) is 7.84. The summed E-state index contributed by atoms with van der Waals surface area (Å²) in [6.45, 7) is 4.42. The molecule has 3 heterocycles. The molecule has 0 bridgehead atoms. The summed E-state index contributed by atoms with van der Waals surface area (Å²) in [5.41, 5.74) is 3.91. The van der Waals surface area contributed by atoms with E-state index in [1.54, 1.807) is 30.6 Å². The Bertz CT molecular complexity index is 1400. The van der Waals surface area contributed by atoms with Crippen LogP contribution in [0.5, 0.6) is 0 Å². The number of aryl methyl sites for hydroxylation is 1. The van der Waals surface area contributed by atoms with Gasteiger partial charge in [0.2, 0.25) is 17.6 Å². The summed E-state index contributed by atoms with van der Waals surface area (Å²) in [4.78, 5) is 36.7. The molecular formula is C29H30N6O3. The van der Waals surface area contributed by atoms with E-state index in [0.29, 0.717) is 48.9 Å². The van der Waals surface area contributed by atoms with E-state index in [2.05, 4.69) is 30.7 Å². The largest absolute Gasteiger partial charge is 0.348 e. The zero-order valence-corrected chi connectivity index (χ0v) is 21.3. The highest BCUT2D eigenvalue weighted by atomic mass is 16.5. The van der Waals surface area contributed by atoms with Crippen molar-refractivity contribution >= 4 is 17.5 Å². The molecule has 2 aromatic heterocycles. The maximum atomic E-state index is 13.1. The summed E-state index contributed by atoms with van der Waals surface area (Å²) in [7, 11) is 0. The van der Waals surface area contributed by atoms with Gasteiger partial charge in [-0.15, -0.1) is 0 Å². The Morgan fingerprint density at radius 1 is 1.03 bits per heavy atom. The summed E-state index contributed by atoms with van der Waals surface area (Å²) >= 11 is 0. The molecule has 0 spiro atoms. The number of carbonyl (C=O) groups is 2. The van der Waals surface area contributed by atoms with Crippen LogP contribution in [-0.4, -0.2) is 44.9 Å². The molecule has 38 heavy (non-hydrogen) atoms. The van der Waals surface area contributed by atoms with Crippen molar-refractivity contribution in [2.75, 3.05) is 18.4 Å². The number of aromatic nitrogens is 3. The predicted octanol–water partition coefficient (Wildman–Crippen LogP) is 4.22. The zero-order valence-electron chi connectivity index (χ0n) is 21.3. The average Bonchev–Trinajstić information content (AvgIpc) is 3.41. The SMILES string of the molecule is Cc1ccccc1-c1noc(CN2CCC(C(=O)Nc3ccccc3C(=O)NCc3cccnc3)CC2)n1. The highest BCUT2D eigenvalue weighted by Gasteiger charge is 2.27. The van der Waals surface area contributed by atoms with E-state index >= 15 is 0 Å². The van der Waals surface area contributed by atoms with Crippen molar-refractivity contribution < 1.29 is 14.1 Å². The lowest BCUT2D eigenvalue weighted by atomic mass is 9.95. The quantitative estimate of drug-likeness (QED) is 0.365. The molecule has 0 radical (unpaired) electrons. The van der Waals surface area contributed by atoms with E-state index in [-0.39, 0.29) is 17.7 Å². The highest BCUT2D eigenvalue weighted by Crippen LogP contribution is 2.24. The van der Waals surface area contributed by atoms with Gasteiger partial charge in [-0.1, -0.05) is 47.6 Å². The van der Waals surface area contributed by atoms with Crippen LogP contribution in [0.3, 0.4) is 0 Å². The number of nitrogens with zero attached hydrogens (tertiary/aromatic N) is 4. The topological polar surface area (TPSA) is 113 Å². The maximum absolute atomic E-state index is 13.1. The number of para-hydroxylation sites is 1. The Labute approximate surface area is 221 Å². The third-order valence-corrected chi connectivity index (χ3v) is 6.78. The van der Waals surface area contributed by atoms with Gasteiger partial charge in [0.15, 0.2) is 0 Å². The van der Waals surface area contributed by atoms with Gasteiger partial charge in [-0.3, -0.25) is 19.5 Å². The second-order valence-electron chi connectivity index (χ2n) is 9.46. The number of anilines is 1. The summed E-state index contributed by atoms with van der Waals surface area (Å²) in [6.07, 6.45) is 4.82. The smallest absolute Gasteiger partial charge is 0.253 e. The van der Waals surface area contributed by atoms with Crippen LogP contribution in [0.25, 0.3) is 11.4 Å². The van der Waals surface area contributed by atoms with Crippen LogP contribution in [0.2, 0.25) is 0 Å². The summed E-state index contributed by atoms with van der Waals surface area (Å²) in [5, 5.41) is 10.0. The molecule has 4 aromatic rings. The average molecular weight is 511 g/mol. The van der Waals surface area contributed by atoms with Crippen molar-refractivity contribution in [2.45, 2.75) is 32.9 Å². The number of rotatable bonds is 8. The number of hydrogen-bond acceptors (Lipinski definition) is 7. The van der Waals surface area contributed by atoms with E-state index in [9.17, 15) is 9.59 Å². The first-order valence-corrected chi connectivity index (χ1v) is 12.7. The maximum Gasteiger partial charge on any atom is 0.253 e. The van der Waals surface area contributed by atoms with Crippen molar-refractivity contribution in [1.29, 1.82) is 0 Å². The van der Waals surface area contributed by atoms with Gasteiger partial charge in [-0.05, 0) is 62.2 Å². The Hall–Kier alpha value is -4.37. The number of amides is 2. The van der Waals surface area contributed by atoms with Crippen LogP contribution in [0.4, 0.5) is 5.69 Å². The highest BCUT2D eigenvalue weighted by molar-refractivity contribution is 6.04. The summed E-state index contributed by atoms with van der Waals surface area (Å²) in [6, 6.07) is 18.7. The minimum Gasteiger partial charge on any atom is -0.348 e. The van der Waals surface area contributed by atoms with E-state index in [0.717, 1.165) is 29.8 Å². The molecule has 0 saturated carbocycles. The van der Waals surface area contributed by atoms with Crippen molar-refractivity contribution in [3.63, 3.8) is 0 Å². The number of hydrogen-bond donors (Lipinski definition) is 2. The van der Waals surface area contributed by atoms with Crippen LogP contribution < -0.4 is 10.6 Å². The number of nitrogens with one attached hydrogen (secondary N) is 2. The van der Waals surface area contributed by atoms with Crippen LogP contribution in [0.1, 0.15) is 40.2 Å². The molecule has 5 rings (SSSR count). The number of pyridine rings is 1. The third kappa shape index (κ3) is 6.12. The molecule has 0 aliphatic carbocycles. The van der Waals surface area contributed by atoms with Crippen molar-refractivity contribution in [3.8, 4) is 11.4 Å². The van der Waals surface area contributed by atoms with Gasteiger partial charge in [0.05, 0.1) is 17.8 Å². The molecule has 1 saturated heterocycles. The molecule has 2 aromatic carbocycles. The van der Waals surface area contributed by atoms with Crippen molar-refractivity contribution in [3.05, 3.63) is 95.6 Å². The van der Waals surface area contributed by atoms with E-state index in [1.807, 2.05) is 49.4 Å². The Morgan fingerprint density at radius 2 is 1.82 bits per heavy atom. The van der Waals surface area contributed by atoms with Crippen LogP contribution in [-0.2, 0) is 17.9 Å². The lowest BCUT2D eigenvalue weighted by Crippen LogP contribution is -2.38. The van der Waals surface area contributed by atoms with Crippen molar-refractivity contribution in [2.24, 2.45) is 5.92 Å². The molecule has 194 valence electrons. The Morgan fingerprint density at radius 3 is 2.61 bits per heavy atom. The first-order chi connectivity index (χ1) is 18.6. The fraction of sp³-hybridized carbons (Fsp3) is 0.276. The second-order valence-corrected chi connectivity index (χ2v) is 9.46. The molecule has 9 nitrogen and oxygen atoms in total. The van der Waals surface area contributed by atoms with E-state index in [1.165, 1.54) is 0 Å². The molecule has 2 amide bonds. The minimum atomic E-state index is -0.246. The van der Waals surface area contributed by atoms with Crippen LogP contribution in [0, 0.1) is 12.8 Å². The van der Waals surface area contributed by atoms with Gasteiger partial charge in [0.1, 0.15) is 0 Å². The van der Waals surface area contributed by atoms with Crippen LogP contribution in [0.15, 0.2) is 77.6 Å². The lowest BCUT2D eigenvalue weighted by molar-refractivity contribution is -0.121. The fourth-order valence-corrected chi connectivity index (χ4v) is 4.60. The zero-order chi connectivity index (χ0) is 26.3. The molecule has 2 N–H and O–H groups in total. The number of likely N-dealkylation sites (tertiary alicyclic amines) is 1. The van der Waals surface area contributed by atoms with Crippen LogP contribution >= 0.6 is 0 Å². The molecule has 1 aliphatic heterocycles. The fourth-order valence-electron chi connectivity index (χ4n) is 4.60. The van der Waals surface area contributed by atoms with E-state index < -0.39 is 0 Å². The molecule has 0 unspecified atom stereocenters. The van der Waals surface area contributed by atoms with Gasteiger partial charge >= 0.3 is 0 Å². The summed E-state index contributed by atoms with van der Waals surface area (Å²) in [5.74, 6) is 0.705. The van der Waals surface area contributed by atoms with Gasteiger partial charge in [0, 0.05) is 30.4 Å². The second kappa shape index (κ2) is 11.8. The van der Waals surface area contributed by atoms with Gasteiger partial charge in [0.25, 0.3) is 5.91 Å². The van der Waals surface area contributed by atoms with Gasteiger partial charge in [-0.2, -0.15) is 4.98 Å². The lowest BCUT2D eigenvalue weighted by Gasteiger charge is -2.30. The molecule has 0 atom stereocenters. The Balaban J connectivity index is 1.13. The number of piperidine rings is 1. The standard InChI is InChI=1S/C29H30N6O3/c1-20-7-2-3-9-23(20)27-33-26(38-34-27)19-35-15-12-22(13-16-35)28(36)32-25-11-5-4-10-24(25)29(37)31-18-21-8-6-14-30-17-21/h2-11,14,17,22H,12-13,15-16,18-19H2,1H3,(H,31,37)(H,32,36). The predicted molar refractivity (Wildman–Crippen MR) is 143 cm³/mol. The van der Waals surface area contributed by atoms with Crippen molar-refractivity contribution in [1.82, 2.24) is 25.3 Å². The number of benzene rings is 2. The minimum absolute atomic E-state index is 0.0724. The summed E-state index contributed by atoms with van der Waals surface area (Å²) < 4.78 is 5.49.